The maximum atomic E-state index is 12.3. The van der Waals surface area contributed by atoms with Gasteiger partial charge in [-0.15, -0.1) is 24.8 Å². The number of nitrogens with zero attached hydrogens (tertiary/aromatic N) is 1. The molecule has 0 radical (unpaired) electrons. The third kappa shape index (κ3) is 4.40. The summed E-state index contributed by atoms with van der Waals surface area (Å²) in [5.74, 6) is -0.00409. The van der Waals surface area contributed by atoms with E-state index in [2.05, 4.69) is 15.6 Å². The molecule has 2 atom stereocenters. The molecular formula is C15H18Cl3N3O3. The van der Waals surface area contributed by atoms with Gasteiger partial charge in [0.2, 0.25) is 0 Å². The Morgan fingerprint density at radius 2 is 2.12 bits per heavy atom. The SMILES string of the molecule is Cl.Cl.O=C(NCC1CNCC1O)c1ncoc1-c1ccccc1Cl. The minimum Gasteiger partial charge on any atom is -0.443 e. The van der Waals surface area contributed by atoms with Crippen molar-refractivity contribution in [2.45, 2.75) is 6.10 Å². The number of rotatable bonds is 4. The highest BCUT2D eigenvalue weighted by atomic mass is 35.5. The number of nitrogens with one attached hydrogen (secondary N) is 2. The molecule has 3 N–H and O–H groups in total. The molecule has 1 aromatic heterocycles. The largest absolute Gasteiger partial charge is 0.443 e. The van der Waals surface area contributed by atoms with Gasteiger partial charge in [0.15, 0.2) is 17.8 Å². The molecule has 2 aromatic rings. The van der Waals surface area contributed by atoms with Gasteiger partial charge in [0.05, 0.1) is 11.1 Å². The van der Waals surface area contributed by atoms with Gasteiger partial charge in [0.25, 0.3) is 5.91 Å². The molecule has 0 bridgehead atoms. The first-order chi connectivity index (χ1) is 10.7. The maximum Gasteiger partial charge on any atom is 0.273 e. The van der Waals surface area contributed by atoms with Gasteiger partial charge in [-0.05, 0) is 12.1 Å². The van der Waals surface area contributed by atoms with E-state index in [0.29, 0.717) is 36.0 Å². The molecule has 3 rings (SSSR count). The van der Waals surface area contributed by atoms with Gasteiger partial charge in [-0.3, -0.25) is 4.79 Å². The lowest BCUT2D eigenvalue weighted by molar-refractivity contribution is 0.0923. The second-order valence-corrected chi connectivity index (χ2v) is 5.61. The molecule has 1 fully saturated rings. The second kappa shape index (κ2) is 9.25. The smallest absolute Gasteiger partial charge is 0.273 e. The van der Waals surface area contributed by atoms with Crippen LogP contribution in [0.1, 0.15) is 10.5 Å². The van der Waals surface area contributed by atoms with Crippen LogP contribution >= 0.6 is 36.4 Å². The summed E-state index contributed by atoms with van der Waals surface area (Å²) in [4.78, 5) is 16.3. The fraction of sp³-hybridized carbons (Fsp3) is 0.333. The Kier molecular flexibility index (Phi) is 7.99. The van der Waals surface area contributed by atoms with Crippen LogP contribution in [0.25, 0.3) is 11.3 Å². The van der Waals surface area contributed by atoms with Crippen molar-refractivity contribution < 1.29 is 14.3 Å². The van der Waals surface area contributed by atoms with Crippen molar-refractivity contribution in [2.75, 3.05) is 19.6 Å². The number of aliphatic hydroxyl groups is 1. The lowest BCUT2D eigenvalue weighted by Crippen LogP contribution is -2.34. The Morgan fingerprint density at radius 1 is 1.38 bits per heavy atom. The predicted molar refractivity (Wildman–Crippen MR) is 96.1 cm³/mol. The second-order valence-electron chi connectivity index (χ2n) is 5.21. The van der Waals surface area contributed by atoms with Crippen LogP contribution in [0.3, 0.4) is 0 Å². The molecule has 1 saturated heterocycles. The topological polar surface area (TPSA) is 87.4 Å². The van der Waals surface area contributed by atoms with Crippen LogP contribution in [-0.4, -0.2) is 41.7 Å². The summed E-state index contributed by atoms with van der Waals surface area (Å²) in [5, 5.41) is 16.1. The Labute approximate surface area is 156 Å². The molecule has 1 aliphatic heterocycles. The van der Waals surface area contributed by atoms with Crippen molar-refractivity contribution in [1.29, 1.82) is 0 Å². The van der Waals surface area contributed by atoms with E-state index < -0.39 is 6.10 Å². The molecule has 2 heterocycles. The molecule has 0 spiro atoms. The third-order valence-electron chi connectivity index (χ3n) is 3.73. The fourth-order valence-electron chi connectivity index (χ4n) is 2.48. The average Bonchev–Trinajstić information content (AvgIpc) is 3.14. The normalized spacial score (nSPS) is 19.2. The molecule has 132 valence electrons. The zero-order valence-corrected chi connectivity index (χ0v) is 15.0. The van der Waals surface area contributed by atoms with Crippen LogP contribution in [-0.2, 0) is 0 Å². The van der Waals surface area contributed by atoms with Gasteiger partial charge in [0.1, 0.15) is 0 Å². The summed E-state index contributed by atoms with van der Waals surface area (Å²) in [6, 6.07) is 7.11. The molecule has 9 heteroatoms. The zero-order valence-electron chi connectivity index (χ0n) is 12.6. The third-order valence-corrected chi connectivity index (χ3v) is 4.06. The van der Waals surface area contributed by atoms with Crippen molar-refractivity contribution in [2.24, 2.45) is 5.92 Å². The summed E-state index contributed by atoms with van der Waals surface area (Å²) in [6.45, 7) is 1.61. The highest BCUT2D eigenvalue weighted by molar-refractivity contribution is 6.33. The molecule has 0 saturated carbocycles. The average molecular weight is 395 g/mol. The number of β-amino-alcohol motifs (C(OH)–C–C–N with tert-alkyl or cyclic N) is 1. The Bertz CT molecular complexity index is 681. The number of halogens is 3. The quantitative estimate of drug-likeness (QED) is 0.739. The monoisotopic (exact) mass is 393 g/mol. The van der Waals surface area contributed by atoms with E-state index in [9.17, 15) is 9.90 Å². The van der Waals surface area contributed by atoms with E-state index in [1.807, 2.05) is 6.07 Å². The van der Waals surface area contributed by atoms with Crippen molar-refractivity contribution in [3.63, 3.8) is 0 Å². The number of aromatic nitrogens is 1. The minimum absolute atomic E-state index is 0. The summed E-state index contributed by atoms with van der Waals surface area (Å²) in [7, 11) is 0. The first kappa shape index (κ1) is 20.7. The summed E-state index contributed by atoms with van der Waals surface area (Å²) >= 11 is 6.13. The summed E-state index contributed by atoms with van der Waals surface area (Å²) < 4.78 is 5.33. The van der Waals surface area contributed by atoms with Crippen molar-refractivity contribution in [3.05, 3.63) is 41.4 Å². The molecule has 2 unspecified atom stereocenters. The number of carbonyl (C=O) groups is 1. The van der Waals surface area contributed by atoms with Gasteiger partial charge >= 0.3 is 0 Å². The lowest BCUT2D eigenvalue weighted by Gasteiger charge is -2.13. The first-order valence-electron chi connectivity index (χ1n) is 7.02. The molecule has 1 aliphatic rings. The van der Waals surface area contributed by atoms with Crippen molar-refractivity contribution >= 4 is 42.3 Å². The van der Waals surface area contributed by atoms with Crippen LogP contribution < -0.4 is 10.6 Å². The number of carbonyl (C=O) groups excluding carboxylic acids is 1. The number of hydrogen-bond acceptors (Lipinski definition) is 5. The summed E-state index contributed by atoms with van der Waals surface area (Å²) in [6.07, 6.45) is 0.778. The maximum absolute atomic E-state index is 12.3. The number of hydrogen-bond donors (Lipinski definition) is 3. The standard InChI is InChI=1S/C15H16ClN3O3.2ClH/c16-11-4-2-1-3-10(11)14-13(19-8-22-14)15(21)18-6-9-5-17-7-12(9)20;;/h1-4,8-9,12,17,20H,5-7H2,(H,18,21);2*1H. The zero-order chi connectivity index (χ0) is 15.5. The van der Waals surface area contributed by atoms with E-state index in [0.717, 1.165) is 0 Å². The molecule has 1 amide bonds. The Balaban J connectivity index is 0.00000144. The van der Waals surface area contributed by atoms with Crippen LogP contribution in [0, 0.1) is 5.92 Å². The molecule has 24 heavy (non-hydrogen) atoms. The highest BCUT2D eigenvalue weighted by Crippen LogP contribution is 2.29. The van der Waals surface area contributed by atoms with Gasteiger partial charge in [-0.2, -0.15) is 0 Å². The first-order valence-corrected chi connectivity index (χ1v) is 7.40. The van der Waals surface area contributed by atoms with Gasteiger partial charge < -0.3 is 20.2 Å². The number of oxazole rings is 1. The van der Waals surface area contributed by atoms with Gasteiger partial charge in [-0.1, -0.05) is 23.7 Å². The van der Waals surface area contributed by atoms with Gasteiger partial charge in [-0.25, -0.2) is 4.98 Å². The fourth-order valence-corrected chi connectivity index (χ4v) is 2.70. The molecule has 1 aromatic carbocycles. The Hall–Kier alpha value is -1.31. The number of aliphatic hydroxyl groups excluding tert-OH is 1. The van der Waals surface area contributed by atoms with E-state index in [4.69, 9.17) is 16.0 Å². The van der Waals surface area contributed by atoms with Crippen LogP contribution in [0.4, 0.5) is 0 Å². The van der Waals surface area contributed by atoms with Crippen LogP contribution in [0.5, 0.6) is 0 Å². The predicted octanol–water partition coefficient (Wildman–Crippen LogP) is 2.15. The van der Waals surface area contributed by atoms with E-state index >= 15 is 0 Å². The minimum atomic E-state index is -0.444. The van der Waals surface area contributed by atoms with Crippen molar-refractivity contribution in [1.82, 2.24) is 15.6 Å². The van der Waals surface area contributed by atoms with Crippen LogP contribution in [0.15, 0.2) is 35.1 Å². The van der Waals surface area contributed by atoms with E-state index in [1.165, 1.54) is 6.39 Å². The molecule has 0 aliphatic carbocycles. The number of benzene rings is 1. The summed E-state index contributed by atoms with van der Waals surface area (Å²) in [5.41, 5.74) is 0.808. The molecular weight excluding hydrogens is 377 g/mol. The van der Waals surface area contributed by atoms with Crippen molar-refractivity contribution in [3.8, 4) is 11.3 Å². The lowest BCUT2D eigenvalue weighted by atomic mass is 10.1. The molecule has 6 nitrogen and oxygen atoms in total. The van der Waals surface area contributed by atoms with E-state index in [1.54, 1.807) is 18.2 Å². The Morgan fingerprint density at radius 3 is 2.79 bits per heavy atom. The number of amides is 1. The van der Waals surface area contributed by atoms with E-state index in [-0.39, 0.29) is 42.3 Å². The highest BCUT2D eigenvalue weighted by Gasteiger charge is 2.26. The van der Waals surface area contributed by atoms with Gasteiger partial charge in [0, 0.05) is 31.1 Å². The van der Waals surface area contributed by atoms with Crippen LogP contribution in [0.2, 0.25) is 5.02 Å².